The summed E-state index contributed by atoms with van der Waals surface area (Å²) in [6.45, 7) is 5.87. The van der Waals surface area contributed by atoms with Gasteiger partial charge in [-0.2, -0.15) is 0 Å². The van der Waals surface area contributed by atoms with Crippen molar-refractivity contribution in [1.82, 2.24) is 5.32 Å². The zero-order chi connectivity index (χ0) is 15.8. The molecule has 0 aliphatic rings. The van der Waals surface area contributed by atoms with E-state index in [-0.39, 0.29) is 17.9 Å². The van der Waals surface area contributed by atoms with Crippen LogP contribution in [-0.4, -0.2) is 47.1 Å². The second-order valence-corrected chi connectivity index (χ2v) is 5.17. The molecular formula is C16H27FN2O2. The molecule has 4 nitrogen and oxygen atoms in total. The highest BCUT2D eigenvalue weighted by molar-refractivity contribution is 5.56. The fourth-order valence-electron chi connectivity index (χ4n) is 2.45. The molecule has 0 amide bonds. The molecule has 1 aromatic carbocycles. The fourth-order valence-corrected chi connectivity index (χ4v) is 2.45. The summed E-state index contributed by atoms with van der Waals surface area (Å²) in [5.41, 5.74) is 1.57. The van der Waals surface area contributed by atoms with E-state index >= 15 is 0 Å². The van der Waals surface area contributed by atoms with E-state index in [9.17, 15) is 4.39 Å². The van der Waals surface area contributed by atoms with Crippen LogP contribution in [0.4, 0.5) is 10.1 Å². The highest BCUT2D eigenvalue weighted by atomic mass is 19.1. The van der Waals surface area contributed by atoms with Crippen molar-refractivity contribution in [2.75, 3.05) is 45.9 Å². The average Bonchev–Trinajstić information content (AvgIpc) is 2.47. The number of anilines is 1. The number of hydrogen-bond acceptors (Lipinski definition) is 4. The van der Waals surface area contributed by atoms with E-state index < -0.39 is 0 Å². The van der Waals surface area contributed by atoms with E-state index in [0.29, 0.717) is 25.3 Å². The number of methoxy groups -OCH3 is 2. The molecule has 0 aliphatic heterocycles. The number of nitrogens with one attached hydrogen (secondary N) is 1. The quantitative estimate of drug-likeness (QED) is 0.760. The van der Waals surface area contributed by atoms with Crippen LogP contribution in [0, 0.1) is 5.82 Å². The second-order valence-electron chi connectivity index (χ2n) is 5.17. The van der Waals surface area contributed by atoms with Crippen LogP contribution >= 0.6 is 0 Å². The van der Waals surface area contributed by atoms with Crippen molar-refractivity contribution in [1.29, 1.82) is 0 Å². The maximum Gasteiger partial charge on any atom is 0.130 e. The topological polar surface area (TPSA) is 33.7 Å². The van der Waals surface area contributed by atoms with Crippen molar-refractivity contribution in [3.63, 3.8) is 0 Å². The summed E-state index contributed by atoms with van der Waals surface area (Å²) in [6, 6.07) is 5.27. The Bertz CT molecular complexity index is 429. The van der Waals surface area contributed by atoms with Gasteiger partial charge in [-0.1, -0.05) is 6.07 Å². The highest BCUT2D eigenvalue weighted by Gasteiger charge is 2.22. The molecule has 0 spiro atoms. The van der Waals surface area contributed by atoms with E-state index in [1.54, 1.807) is 20.3 Å². The SMILES string of the molecule is CNC(C)c1c(F)cccc1N(CCOC)C(C)COC. The Kier molecular flexibility index (Phi) is 7.64. The van der Waals surface area contributed by atoms with E-state index in [2.05, 4.69) is 17.1 Å². The van der Waals surface area contributed by atoms with Crippen LogP contribution in [0.5, 0.6) is 0 Å². The van der Waals surface area contributed by atoms with Crippen LogP contribution in [-0.2, 0) is 9.47 Å². The Hall–Kier alpha value is -1.17. The molecule has 5 heteroatoms. The summed E-state index contributed by atoms with van der Waals surface area (Å²) >= 11 is 0. The Balaban J connectivity index is 3.19. The smallest absolute Gasteiger partial charge is 0.130 e. The summed E-state index contributed by atoms with van der Waals surface area (Å²) in [4.78, 5) is 2.14. The van der Waals surface area contributed by atoms with Gasteiger partial charge in [-0.3, -0.25) is 0 Å². The number of halogens is 1. The van der Waals surface area contributed by atoms with Gasteiger partial charge in [0.15, 0.2) is 0 Å². The number of hydrogen-bond donors (Lipinski definition) is 1. The van der Waals surface area contributed by atoms with E-state index in [1.807, 2.05) is 20.0 Å². The molecule has 1 aromatic rings. The standard InChI is InChI=1S/C16H27FN2O2/c1-12(11-21-5)19(9-10-20-4)15-8-6-7-14(17)16(15)13(2)18-3/h6-8,12-13,18H,9-11H2,1-5H3. The first-order chi connectivity index (χ1) is 10.1. The molecule has 0 radical (unpaired) electrons. The summed E-state index contributed by atoms with van der Waals surface area (Å²) < 4.78 is 24.7. The predicted molar refractivity (Wildman–Crippen MR) is 84.4 cm³/mol. The van der Waals surface area contributed by atoms with Crippen molar-refractivity contribution in [2.24, 2.45) is 0 Å². The van der Waals surface area contributed by atoms with Crippen molar-refractivity contribution >= 4 is 5.69 Å². The van der Waals surface area contributed by atoms with E-state index in [0.717, 1.165) is 5.69 Å². The third kappa shape index (κ3) is 4.66. The minimum atomic E-state index is -0.193. The lowest BCUT2D eigenvalue weighted by Crippen LogP contribution is -2.40. The van der Waals surface area contributed by atoms with Crippen molar-refractivity contribution in [2.45, 2.75) is 25.9 Å². The molecule has 0 heterocycles. The molecule has 0 aromatic heterocycles. The van der Waals surface area contributed by atoms with Crippen LogP contribution < -0.4 is 10.2 Å². The monoisotopic (exact) mass is 298 g/mol. The predicted octanol–water partition coefficient (Wildman–Crippen LogP) is 2.59. The van der Waals surface area contributed by atoms with Gasteiger partial charge in [-0.25, -0.2) is 4.39 Å². The maximum atomic E-state index is 14.3. The van der Waals surface area contributed by atoms with Crippen molar-refractivity contribution in [3.05, 3.63) is 29.6 Å². The molecule has 2 unspecified atom stereocenters. The number of benzene rings is 1. The Morgan fingerprint density at radius 1 is 1.24 bits per heavy atom. The van der Waals surface area contributed by atoms with Gasteiger partial charge in [0.25, 0.3) is 0 Å². The minimum absolute atomic E-state index is 0.0685. The number of rotatable bonds is 9. The summed E-state index contributed by atoms with van der Waals surface area (Å²) in [5, 5.41) is 3.12. The Morgan fingerprint density at radius 2 is 1.95 bits per heavy atom. The molecule has 0 aliphatic carbocycles. The lowest BCUT2D eigenvalue weighted by molar-refractivity contribution is 0.171. The lowest BCUT2D eigenvalue weighted by atomic mass is 10.0. The van der Waals surface area contributed by atoms with Crippen LogP contribution in [0.2, 0.25) is 0 Å². The number of ether oxygens (including phenoxy) is 2. The van der Waals surface area contributed by atoms with Crippen molar-refractivity contribution < 1.29 is 13.9 Å². The molecule has 120 valence electrons. The largest absolute Gasteiger partial charge is 0.383 e. The summed E-state index contributed by atoms with van der Waals surface area (Å²) in [5.74, 6) is -0.193. The van der Waals surface area contributed by atoms with Gasteiger partial charge in [0.2, 0.25) is 0 Å². The first kappa shape index (κ1) is 17.9. The molecule has 2 atom stereocenters. The molecule has 0 fully saturated rings. The van der Waals surface area contributed by atoms with Gasteiger partial charge in [-0.05, 0) is 33.0 Å². The average molecular weight is 298 g/mol. The second kappa shape index (κ2) is 8.97. The lowest BCUT2D eigenvalue weighted by Gasteiger charge is -2.33. The summed E-state index contributed by atoms with van der Waals surface area (Å²) in [6.07, 6.45) is 0. The molecule has 0 saturated carbocycles. The van der Waals surface area contributed by atoms with Gasteiger partial charge in [0, 0.05) is 44.1 Å². The van der Waals surface area contributed by atoms with E-state index in [1.165, 1.54) is 6.07 Å². The van der Waals surface area contributed by atoms with Crippen LogP contribution in [0.25, 0.3) is 0 Å². The Morgan fingerprint density at radius 3 is 2.52 bits per heavy atom. The molecule has 21 heavy (non-hydrogen) atoms. The van der Waals surface area contributed by atoms with Gasteiger partial charge in [0.1, 0.15) is 5.82 Å². The zero-order valence-electron chi connectivity index (χ0n) is 13.6. The molecule has 1 rings (SSSR count). The molecule has 1 N–H and O–H groups in total. The third-order valence-electron chi connectivity index (χ3n) is 3.68. The first-order valence-corrected chi connectivity index (χ1v) is 7.27. The zero-order valence-corrected chi connectivity index (χ0v) is 13.6. The van der Waals surface area contributed by atoms with Crippen LogP contribution in [0.3, 0.4) is 0 Å². The molecule has 0 saturated heterocycles. The minimum Gasteiger partial charge on any atom is -0.383 e. The van der Waals surface area contributed by atoms with Gasteiger partial charge in [-0.15, -0.1) is 0 Å². The summed E-state index contributed by atoms with van der Waals surface area (Å²) in [7, 11) is 5.18. The highest BCUT2D eigenvalue weighted by Crippen LogP contribution is 2.30. The third-order valence-corrected chi connectivity index (χ3v) is 3.68. The maximum absolute atomic E-state index is 14.3. The normalized spacial score (nSPS) is 14.0. The van der Waals surface area contributed by atoms with Crippen LogP contribution in [0.1, 0.15) is 25.5 Å². The van der Waals surface area contributed by atoms with Gasteiger partial charge < -0.3 is 19.7 Å². The number of nitrogens with zero attached hydrogens (tertiary/aromatic N) is 1. The van der Waals surface area contributed by atoms with Gasteiger partial charge >= 0.3 is 0 Å². The molecule has 0 bridgehead atoms. The van der Waals surface area contributed by atoms with Crippen molar-refractivity contribution in [3.8, 4) is 0 Å². The van der Waals surface area contributed by atoms with Gasteiger partial charge in [0.05, 0.1) is 13.2 Å². The first-order valence-electron chi connectivity index (χ1n) is 7.27. The fraction of sp³-hybridized carbons (Fsp3) is 0.625. The van der Waals surface area contributed by atoms with Crippen LogP contribution in [0.15, 0.2) is 18.2 Å². The molecular weight excluding hydrogens is 271 g/mol. The van der Waals surface area contributed by atoms with E-state index in [4.69, 9.17) is 9.47 Å². The Labute approximate surface area is 127 Å².